The van der Waals surface area contributed by atoms with Gasteiger partial charge < -0.3 is 4.74 Å². The number of alkyl halides is 3. The van der Waals surface area contributed by atoms with Gasteiger partial charge in [-0.25, -0.2) is 0 Å². The molecule has 0 bridgehead atoms. The maximum Gasteiger partial charge on any atom is 0.401 e. The number of rotatable bonds is 1. The molecule has 1 rings (SSSR count). The van der Waals surface area contributed by atoms with E-state index in [4.69, 9.17) is 0 Å². The van der Waals surface area contributed by atoms with Crippen LogP contribution in [0.3, 0.4) is 0 Å². The first-order valence-corrected chi connectivity index (χ1v) is 4.71. The number of ketones is 1. The normalized spacial score (nSPS) is 27.9. The number of esters is 1. The van der Waals surface area contributed by atoms with Crippen LogP contribution in [0.2, 0.25) is 0 Å². The molecule has 3 nitrogen and oxygen atoms in total. The van der Waals surface area contributed by atoms with Crippen molar-refractivity contribution in [2.24, 2.45) is 5.92 Å². The van der Waals surface area contributed by atoms with E-state index in [-0.39, 0.29) is 5.75 Å². The van der Waals surface area contributed by atoms with E-state index >= 15 is 0 Å². The lowest BCUT2D eigenvalue weighted by Gasteiger charge is -2.18. The van der Waals surface area contributed by atoms with Gasteiger partial charge >= 0.3 is 12.1 Å². The number of halogens is 3. The number of ether oxygens (including phenoxy) is 1. The van der Waals surface area contributed by atoms with Gasteiger partial charge in [0.2, 0.25) is 0 Å². The fourth-order valence-corrected chi connectivity index (χ4v) is 2.36. The molecule has 0 aromatic carbocycles. The largest absolute Gasteiger partial charge is 0.468 e. The summed E-state index contributed by atoms with van der Waals surface area (Å²) >= 11 is 0.434. The van der Waals surface area contributed by atoms with Crippen LogP contribution in [0, 0.1) is 5.92 Å². The molecule has 1 fully saturated rings. The predicted molar refractivity (Wildman–Crippen MR) is 42.8 cm³/mol. The van der Waals surface area contributed by atoms with Crippen molar-refractivity contribution in [2.45, 2.75) is 11.4 Å². The van der Waals surface area contributed by atoms with Gasteiger partial charge in [0.15, 0.2) is 5.78 Å². The van der Waals surface area contributed by atoms with Crippen LogP contribution in [0.15, 0.2) is 0 Å². The van der Waals surface area contributed by atoms with Gasteiger partial charge in [0, 0.05) is 0 Å². The van der Waals surface area contributed by atoms with Crippen molar-refractivity contribution < 1.29 is 27.5 Å². The van der Waals surface area contributed by atoms with Crippen molar-refractivity contribution in [2.75, 3.05) is 12.9 Å². The molecule has 14 heavy (non-hydrogen) atoms. The van der Waals surface area contributed by atoms with Gasteiger partial charge in [0.25, 0.3) is 0 Å². The summed E-state index contributed by atoms with van der Waals surface area (Å²) in [5, 5.41) is -1.96. The molecule has 0 N–H and O–H groups in total. The Balaban J connectivity index is 2.88. The number of carbonyl (C=O) groups excluding carboxylic acids is 2. The molecule has 80 valence electrons. The van der Waals surface area contributed by atoms with Gasteiger partial charge in [-0.15, -0.1) is 11.8 Å². The first-order valence-electron chi connectivity index (χ1n) is 3.66. The average Bonchev–Trinajstić information content (AvgIpc) is 2.45. The minimum absolute atomic E-state index is 0.288. The molecule has 0 amide bonds. The third-order valence-corrected chi connectivity index (χ3v) is 3.18. The smallest absolute Gasteiger partial charge is 0.401 e. The lowest BCUT2D eigenvalue weighted by atomic mass is 10.0. The number of hydrogen-bond acceptors (Lipinski definition) is 4. The maximum atomic E-state index is 12.3. The zero-order chi connectivity index (χ0) is 10.9. The standard InChI is InChI=1S/C7H7F3O3S/c1-13-6(12)4-3(11)2-14-5(4)7(8,9)10/h4-5H,2H2,1H3. The molecule has 0 spiro atoms. The Hall–Kier alpha value is -0.720. The molecule has 1 aliphatic heterocycles. The van der Waals surface area contributed by atoms with Gasteiger partial charge in [-0.1, -0.05) is 0 Å². The highest BCUT2D eigenvalue weighted by molar-refractivity contribution is 8.01. The minimum atomic E-state index is -4.55. The molecule has 0 aliphatic carbocycles. The SMILES string of the molecule is COC(=O)C1C(=O)CSC1C(F)(F)F. The maximum absolute atomic E-state index is 12.3. The van der Waals surface area contributed by atoms with Crippen LogP contribution in [0.1, 0.15) is 0 Å². The van der Waals surface area contributed by atoms with E-state index in [0.717, 1.165) is 7.11 Å². The predicted octanol–water partition coefficient (Wildman–Crippen LogP) is 1.02. The highest BCUT2D eigenvalue weighted by Gasteiger charge is 2.55. The quantitative estimate of drug-likeness (QED) is 0.496. The second kappa shape index (κ2) is 3.80. The Morgan fingerprint density at radius 2 is 2.14 bits per heavy atom. The topological polar surface area (TPSA) is 43.4 Å². The highest BCUT2D eigenvalue weighted by Crippen LogP contribution is 2.41. The number of carbonyl (C=O) groups is 2. The first-order chi connectivity index (χ1) is 6.38. The van der Waals surface area contributed by atoms with E-state index in [1.54, 1.807) is 0 Å². The molecule has 1 saturated heterocycles. The molecular weight excluding hydrogens is 221 g/mol. The Morgan fingerprint density at radius 3 is 2.57 bits per heavy atom. The molecule has 1 aliphatic rings. The van der Waals surface area contributed by atoms with Crippen LogP contribution in [0.25, 0.3) is 0 Å². The summed E-state index contributed by atoms with van der Waals surface area (Å²) in [5.74, 6) is -3.80. The van der Waals surface area contributed by atoms with Gasteiger partial charge in [0.1, 0.15) is 11.2 Å². The second-order valence-electron chi connectivity index (χ2n) is 2.74. The number of hydrogen-bond donors (Lipinski definition) is 0. The number of methoxy groups -OCH3 is 1. The van der Waals surface area contributed by atoms with Crippen LogP contribution in [0.5, 0.6) is 0 Å². The van der Waals surface area contributed by atoms with Crippen molar-refractivity contribution in [1.29, 1.82) is 0 Å². The zero-order valence-electron chi connectivity index (χ0n) is 7.13. The zero-order valence-corrected chi connectivity index (χ0v) is 7.95. The minimum Gasteiger partial charge on any atom is -0.468 e. The molecule has 0 aromatic heterocycles. The molecule has 0 aromatic rings. The molecule has 0 radical (unpaired) electrons. The van der Waals surface area contributed by atoms with Crippen LogP contribution >= 0.6 is 11.8 Å². The molecule has 2 atom stereocenters. The van der Waals surface area contributed by atoms with Gasteiger partial charge in [-0.05, 0) is 0 Å². The first kappa shape index (κ1) is 11.4. The van der Waals surface area contributed by atoms with E-state index in [1.807, 2.05) is 0 Å². The van der Waals surface area contributed by atoms with Crippen LogP contribution in [-0.2, 0) is 14.3 Å². The number of Topliss-reactive ketones (excluding diaryl/α,β-unsaturated/α-hetero) is 1. The summed E-state index contributed by atoms with van der Waals surface area (Å²) in [4.78, 5) is 21.9. The van der Waals surface area contributed by atoms with Crippen molar-refractivity contribution >= 4 is 23.5 Å². The van der Waals surface area contributed by atoms with Crippen LogP contribution in [0.4, 0.5) is 13.2 Å². The van der Waals surface area contributed by atoms with E-state index in [9.17, 15) is 22.8 Å². The fraction of sp³-hybridized carbons (Fsp3) is 0.714. The lowest BCUT2D eigenvalue weighted by molar-refractivity contribution is -0.164. The second-order valence-corrected chi connectivity index (χ2v) is 3.87. The summed E-state index contributed by atoms with van der Waals surface area (Å²) in [6.07, 6.45) is -4.55. The van der Waals surface area contributed by atoms with E-state index in [2.05, 4.69) is 4.74 Å². The summed E-state index contributed by atoms with van der Waals surface area (Å²) in [7, 11) is 0.964. The highest BCUT2D eigenvalue weighted by atomic mass is 32.2. The van der Waals surface area contributed by atoms with Gasteiger partial charge in [-0.3, -0.25) is 9.59 Å². The average molecular weight is 228 g/mol. The Kier molecular flexibility index (Phi) is 3.08. The summed E-state index contributed by atoms with van der Waals surface area (Å²) in [6, 6.07) is 0. The summed E-state index contributed by atoms with van der Waals surface area (Å²) in [6.45, 7) is 0. The van der Waals surface area contributed by atoms with Crippen molar-refractivity contribution in [3.63, 3.8) is 0 Å². The fourth-order valence-electron chi connectivity index (χ4n) is 1.19. The third kappa shape index (κ3) is 2.02. The summed E-state index contributed by atoms with van der Waals surface area (Å²) < 4.78 is 41.1. The molecule has 1 heterocycles. The monoisotopic (exact) mass is 228 g/mol. The molecular formula is C7H7F3O3S. The van der Waals surface area contributed by atoms with Crippen molar-refractivity contribution in [3.8, 4) is 0 Å². The van der Waals surface area contributed by atoms with E-state index < -0.39 is 29.1 Å². The molecule has 2 unspecified atom stereocenters. The Labute approximate surface area is 82.0 Å². The van der Waals surface area contributed by atoms with Gasteiger partial charge in [0.05, 0.1) is 12.9 Å². The van der Waals surface area contributed by atoms with Gasteiger partial charge in [-0.2, -0.15) is 13.2 Å². The van der Waals surface area contributed by atoms with E-state index in [0.29, 0.717) is 11.8 Å². The molecule has 7 heteroatoms. The number of thioether (sulfide) groups is 1. The van der Waals surface area contributed by atoms with E-state index in [1.165, 1.54) is 0 Å². The lowest BCUT2D eigenvalue weighted by Crippen LogP contribution is -2.38. The van der Waals surface area contributed by atoms with Crippen LogP contribution < -0.4 is 0 Å². The summed E-state index contributed by atoms with van der Waals surface area (Å²) in [5.41, 5.74) is 0. The third-order valence-electron chi connectivity index (χ3n) is 1.83. The molecule has 0 saturated carbocycles. The van der Waals surface area contributed by atoms with Crippen molar-refractivity contribution in [3.05, 3.63) is 0 Å². The Morgan fingerprint density at radius 1 is 1.57 bits per heavy atom. The van der Waals surface area contributed by atoms with Crippen LogP contribution in [-0.4, -0.2) is 36.0 Å². The van der Waals surface area contributed by atoms with Crippen molar-refractivity contribution in [1.82, 2.24) is 0 Å². The Bertz CT molecular complexity index is 263.